The number of carboxylic acids is 2. The first-order valence-electron chi connectivity index (χ1n) is 6.53. The molecule has 126 valence electrons. The zero-order valence-corrected chi connectivity index (χ0v) is 16.0. The van der Waals surface area contributed by atoms with Gasteiger partial charge in [0.2, 0.25) is 0 Å². The van der Waals surface area contributed by atoms with Gasteiger partial charge in [0, 0.05) is 13.0 Å². The first-order chi connectivity index (χ1) is 10.2. The van der Waals surface area contributed by atoms with Gasteiger partial charge in [-0.3, -0.25) is 14.1 Å². The molecule has 0 saturated carbocycles. The maximum absolute atomic E-state index is 12.7. The van der Waals surface area contributed by atoms with Crippen molar-refractivity contribution in [2.75, 3.05) is 25.9 Å². The molecular weight excluding hydrogens is 338 g/mol. The van der Waals surface area contributed by atoms with E-state index in [1.807, 2.05) is 0 Å². The molecule has 0 fully saturated rings. The van der Waals surface area contributed by atoms with Crippen LogP contribution in [0.25, 0.3) is 0 Å². The number of carbonyl (C=O) groups is 2. The van der Waals surface area contributed by atoms with E-state index >= 15 is 0 Å². The molecule has 1 atom stereocenters. The molecule has 0 aromatic carbocycles. The number of nitrogens with zero attached hydrogens (tertiary/aromatic N) is 1. The topological polar surface area (TPSA) is 135 Å². The summed E-state index contributed by atoms with van der Waals surface area (Å²) in [5.74, 6) is -2.93. The van der Waals surface area contributed by atoms with Gasteiger partial charge in [0.25, 0.3) is 5.60 Å². The molecular formula is C12H20N2NaO7P. The van der Waals surface area contributed by atoms with Gasteiger partial charge >= 0.3 is 49.1 Å². The van der Waals surface area contributed by atoms with Gasteiger partial charge in [-0.15, -0.1) is 6.58 Å². The third kappa shape index (κ3) is 6.37. The van der Waals surface area contributed by atoms with E-state index in [0.717, 1.165) is 6.92 Å². The summed E-state index contributed by atoms with van der Waals surface area (Å²) in [5.41, 5.74) is -2.67. The first kappa shape index (κ1) is 22.3. The Bertz CT molecular complexity index is 529. The molecule has 3 N–H and O–H groups in total. The van der Waals surface area contributed by atoms with E-state index in [9.17, 15) is 14.2 Å². The van der Waals surface area contributed by atoms with Gasteiger partial charge in [-0.25, -0.2) is 9.59 Å². The molecule has 0 aliphatic carbocycles. The Hall–Kier alpha value is -0.700. The van der Waals surface area contributed by atoms with E-state index in [0.29, 0.717) is 18.9 Å². The Kier molecular flexibility index (Phi) is 9.27. The summed E-state index contributed by atoms with van der Waals surface area (Å²) in [5, 5.41) is 21.0. The Morgan fingerprint density at radius 1 is 1.52 bits per heavy atom. The normalized spacial score (nSPS) is 16.5. The number of aliphatic carboxylic acids is 2. The minimum atomic E-state index is -3.97. The van der Waals surface area contributed by atoms with Crippen molar-refractivity contribution in [1.29, 1.82) is 0 Å². The van der Waals surface area contributed by atoms with Crippen molar-refractivity contribution in [1.82, 2.24) is 5.32 Å². The molecule has 0 spiro atoms. The maximum atomic E-state index is 12.7. The van der Waals surface area contributed by atoms with Crippen LogP contribution in [0.5, 0.6) is 0 Å². The molecule has 23 heavy (non-hydrogen) atoms. The van der Waals surface area contributed by atoms with Crippen LogP contribution in [-0.4, -0.2) is 59.4 Å². The average Bonchev–Trinajstić information content (AvgIpc) is 2.96. The van der Waals surface area contributed by atoms with E-state index in [1.54, 1.807) is 0 Å². The Morgan fingerprint density at radius 3 is 2.57 bits per heavy atom. The smallest absolute Gasteiger partial charge is 1.00 e. The van der Waals surface area contributed by atoms with Crippen LogP contribution < -0.4 is 34.9 Å². The number of hydrogen-bond donors (Lipinski definition) is 3. The molecule has 0 aromatic heterocycles. The first-order valence-corrected chi connectivity index (χ1v) is 8.25. The molecule has 1 aliphatic heterocycles. The fourth-order valence-corrected chi connectivity index (χ4v) is 3.41. The Balaban J connectivity index is 0. The minimum Gasteiger partial charge on any atom is -1.00 e. The summed E-state index contributed by atoms with van der Waals surface area (Å²) < 4.78 is 22.6. The van der Waals surface area contributed by atoms with Gasteiger partial charge in [-0.05, 0) is 6.92 Å². The SMILES string of the molecule is C=CCOP(=O)(CCC1=NCCN1)OC(C)(C(=O)O)C(=O)O.[H-].[Na+]. The summed E-state index contributed by atoms with van der Waals surface area (Å²) in [7, 11) is -3.97. The number of nitrogens with one attached hydrogen (secondary N) is 1. The molecule has 11 heteroatoms. The van der Waals surface area contributed by atoms with Crippen LogP contribution in [0.2, 0.25) is 0 Å². The number of aliphatic imine (C=N–C) groups is 1. The summed E-state index contributed by atoms with van der Waals surface area (Å²) in [6, 6.07) is 0. The van der Waals surface area contributed by atoms with Crippen molar-refractivity contribution < 1.29 is 64.4 Å². The standard InChI is InChI=1S/C12H19N2O7P.Na.H/c1-3-7-20-22(19,8-4-9-13-5-6-14-9)21-12(2,10(15)16)11(17)18;;/h3H,1,4-8H2,2H3,(H,13,14)(H,15,16)(H,17,18);;/q;+1;-1. The zero-order chi connectivity index (χ0) is 16.8. The summed E-state index contributed by atoms with van der Waals surface area (Å²) in [4.78, 5) is 26.4. The second-order valence-corrected chi connectivity index (χ2v) is 6.77. The summed E-state index contributed by atoms with van der Waals surface area (Å²) in [6.07, 6.45) is 1.31. The molecule has 0 amide bonds. The molecule has 1 heterocycles. The summed E-state index contributed by atoms with van der Waals surface area (Å²) in [6.45, 7) is 5.31. The van der Waals surface area contributed by atoms with Gasteiger partial charge < -0.3 is 21.5 Å². The van der Waals surface area contributed by atoms with Crippen LogP contribution in [0.3, 0.4) is 0 Å². The molecule has 0 bridgehead atoms. The molecule has 1 rings (SSSR count). The third-order valence-electron chi connectivity index (χ3n) is 2.89. The van der Waals surface area contributed by atoms with Crippen LogP contribution in [0.15, 0.2) is 17.6 Å². The largest absolute Gasteiger partial charge is 1.00 e. The van der Waals surface area contributed by atoms with E-state index in [-0.39, 0.29) is 50.2 Å². The maximum Gasteiger partial charge on any atom is 1.00 e. The summed E-state index contributed by atoms with van der Waals surface area (Å²) >= 11 is 0. The third-order valence-corrected chi connectivity index (χ3v) is 4.85. The van der Waals surface area contributed by atoms with Gasteiger partial charge in [0.05, 0.1) is 25.1 Å². The predicted octanol–water partition coefficient (Wildman–Crippen LogP) is -2.17. The Labute approximate surface area is 157 Å². The van der Waals surface area contributed by atoms with E-state index in [4.69, 9.17) is 19.3 Å². The quantitative estimate of drug-likeness (QED) is 0.174. The molecule has 0 saturated heterocycles. The second kappa shape index (κ2) is 9.56. The number of carboxylic acid groups (broad SMARTS) is 2. The van der Waals surface area contributed by atoms with Crippen LogP contribution in [-0.2, 0) is 23.2 Å². The van der Waals surface area contributed by atoms with Crippen LogP contribution in [0.1, 0.15) is 14.8 Å². The monoisotopic (exact) mass is 358 g/mol. The van der Waals surface area contributed by atoms with Gasteiger partial charge in [0.1, 0.15) is 0 Å². The van der Waals surface area contributed by atoms with Crippen LogP contribution in [0.4, 0.5) is 0 Å². The fourth-order valence-electron chi connectivity index (χ4n) is 1.61. The average molecular weight is 358 g/mol. The van der Waals surface area contributed by atoms with E-state index < -0.39 is 25.1 Å². The van der Waals surface area contributed by atoms with Crippen molar-refractivity contribution in [2.24, 2.45) is 4.99 Å². The molecule has 1 aliphatic rings. The van der Waals surface area contributed by atoms with E-state index in [1.165, 1.54) is 6.08 Å². The van der Waals surface area contributed by atoms with Crippen LogP contribution in [0, 0.1) is 0 Å². The molecule has 0 aromatic rings. The fraction of sp³-hybridized carbons (Fsp3) is 0.583. The molecule has 9 nitrogen and oxygen atoms in total. The Morgan fingerprint density at radius 2 is 2.13 bits per heavy atom. The number of hydrogen-bond acceptors (Lipinski definition) is 7. The van der Waals surface area contributed by atoms with Gasteiger partial charge in [-0.2, -0.15) is 0 Å². The zero-order valence-electron chi connectivity index (χ0n) is 14.2. The van der Waals surface area contributed by atoms with Crippen molar-refractivity contribution in [2.45, 2.75) is 18.9 Å². The second-order valence-electron chi connectivity index (χ2n) is 4.66. The van der Waals surface area contributed by atoms with Crippen LogP contribution >= 0.6 is 7.60 Å². The van der Waals surface area contributed by atoms with Crippen molar-refractivity contribution >= 4 is 25.4 Å². The predicted molar refractivity (Wildman–Crippen MR) is 79.4 cm³/mol. The van der Waals surface area contributed by atoms with Crippen molar-refractivity contribution in [3.8, 4) is 0 Å². The molecule has 0 radical (unpaired) electrons. The van der Waals surface area contributed by atoms with Gasteiger partial charge in [-0.1, -0.05) is 6.08 Å². The van der Waals surface area contributed by atoms with E-state index in [2.05, 4.69) is 16.9 Å². The minimum absolute atomic E-state index is 0. The number of amidine groups is 1. The van der Waals surface area contributed by atoms with Crippen molar-refractivity contribution in [3.63, 3.8) is 0 Å². The van der Waals surface area contributed by atoms with Gasteiger partial charge in [0.15, 0.2) is 0 Å². The van der Waals surface area contributed by atoms with Crippen molar-refractivity contribution in [3.05, 3.63) is 12.7 Å². The number of rotatable bonds is 10. The molecule has 1 unspecified atom stereocenters.